The quantitative estimate of drug-likeness (QED) is 0.782. The summed E-state index contributed by atoms with van der Waals surface area (Å²) in [6.07, 6.45) is 0. The maximum atomic E-state index is 11.7. The molecule has 0 atom stereocenters. The Labute approximate surface area is 110 Å². The molecule has 100 valence electrons. The Balaban J connectivity index is 1.94. The zero-order valence-electron chi connectivity index (χ0n) is 10.7. The van der Waals surface area contributed by atoms with Crippen molar-refractivity contribution in [1.82, 2.24) is 10.2 Å². The number of nitrogens with zero attached hydrogens (tertiary/aromatic N) is 1. The number of carbonyl (C=O) groups is 1. The van der Waals surface area contributed by atoms with Gasteiger partial charge in [0, 0.05) is 0 Å². The fraction of sp³-hybridized carbons (Fsp3) is 0.231. The van der Waals surface area contributed by atoms with E-state index in [2.05, 4.69) is 15.5 Å². The molecule has 0 fully saturated rings. The SMILES string of the molecule is Cc1n[nH]c(C)c1NC(=O)COc1ccccc1O. The molecule has 3 N–H and O–H groups in total. The van der Waals surface area contributed by atoms with Gasteiger partial charge >= 0.3 is 0 Å². The smallest absolute Gasteiger partial charge is 0.262 e. The second-order valence-electron chi connectivity index (χ2n) is 4.11. The Kier molecular flexibility index (Phi) is 3.70. The number of nitrogens with one attached hydrogen (secondary N) is 2. The van der Waals surface area contributed by atoms with Crippen LogP contribution in [0.25, 0.3) is 0 Å². The maximum Gasteiger partial charge on any atom is 0.262 e. The van der Waals surface area contributed by atoms with Crippen LogP contribution in [0.2, 0.25) is 0 Å². The van der Waals surface area contributed by atoms with E-state index in [9.17, 15) is 9.90 Å². The minimum atomic E-state index is -0.309. The molecule has 2 aromatic rings. The van der Waals surface area contributed by atoms with Gasteiger partial charge in [0.15, 0.2) is 18.1 Å². The number of carbonyl (C=O) groups excluding carboxylic acids is 1. The molecule has 0 spiro atoms. The number of ether oxygens (including phenoxy) is 1. The molecule has 6 heteroatoms. The van der Waals surface area contributed by atoms with Crippen molar-refractivity contribution in [3.8, 4) is 11.5 Å². The zero-order chi connectivity index (χ0) is 13.8. The first-order chi connectivity index (χ1) is 9.08. The number of amides is 1. The fourth-order valence-electron chi connectivity index (χ4n) is 1.63. The number of hydrogen-bond acceptors (Lipinski definition) is 4. The third-order valence-electron chi connectivity index (χ3n) is 2.62. The molecule has 1 aromatic heterocycles. The molecule has 19 heavy (non-hydrogen) atoms. The number of benzene rings is 1. The molecular weight excluding hydrogens is 246 g/mol. The molecular formula is C13H15N3O3. The Morgan fingerprint density at radius 1 is 1.42 bits per heavy atom. The maximum absolute atomic E-state index is 11.7. The van der Waals surface area contributed by atoms with Gasteiger partial charge in [-0.25, -0.2) is 0 Å². The van der Waals surface area contributed by atoms with Crippen LogP contribution >= 0.6 is 0 Å². The van der Waals surface area contributed by atoms with Crippen LogP contribution in [0.15, 0.2) is 24.3 Å². The van der Waals surface area contributed by atoms with Crippen LogP contribution in [0.5, 0.6) is 11.5 Å². The fourth-order valence-corrected chi connectivity index (χ4v) is 1.63. The number of H-pyrrole nitrogens is 1. The van der Waals surface area contributed by atoms with Crippen molar-refractivity contribution < 1.29 is 14.6 Å². The number of hydrogen-bond donors (Lipinski definition) is 3. The van der Waals surface area contributed by atoms with Crippen molar-refractivity contribution in [2.24, 2.45) is 0 Å². The van der Waals surface area contributed by atoms with Crippen LogP contribution in [0.1, 0.15) is 11.4 Å². The first kappa shape index (κ1) is 12.9. The summed E-state index contributed by atoms with van der Waals surface area (Å²) >= 11 is 0. The molecule has 2 rings (SSSR count). The Bertz CT molecular complexity index is 573. The number of aromatic nitrogens is 2. The molecule has 0 aliphatic rings. The van der Waals surface area contributed by atoms with E-state index in [1.807, 2.05) is 6.92 Å². The van der Waals surface area contributed by atoms with E-state index < -0.39 is 0 Å². The van der Waals surface area contributed by atoms with Gasteiger partial charge in [0.1, 0.15) is 0 Å². The molecule has 1 heterocycles. The van der Waals surface area contributed by atoms with Gasteiger partial charge in [0.2, 0.25) is 0 Å². The lowest BCUT2D eigenvalue weighted by Gasteiger charge is -2.08. The lowest BCUT2D eigenvalue weighted by atomic mass is 10.3. The number of para-hydroxylation sites is 2. The van der Waals surface area contributed by atoms with E-state index in [4.69, 9.17) is 4.74 Å². The van der Waals surface area contributed by atoms with Crippen LogP contribution in [0.3, 0.4) is 0 Å². The van der Waals surface area contributed by atoms with Crippen molar-refractivity contribution in [2.45, 2.75) is 13.8 Å². The third-order valence-corrected chi connectivity index (χ3v) is 2.62. The normalized spacial score (nSPS) is 10.2. The second-order valence-corrected chi connectivity index (χ2v) is 4.11. The van der Waals surface area contributed by atoms with Crippen molar-refractivity contribution in [2.75, 3.05) is 11.9 Å². The van der Waals surface area contributed by atoms with Crippen molar-refractivity contribution >= 4 is 11.6 Å². The van der Waals surface area contributed by atoms with E-state index >= 15 is 0 Å². The van der Waals surface area contributed by atoms with Crippen molar-refractivity contribution in [3.05, 3.63) is 35.7 Å². The summed E-state index contributed by atoms with van der Waals surface area (Å²) in [5.74, 6) is -0.0277. The summed E-state index contributed by atoms with van der Waals surface area (Å²) in [6.45, 7) is 3.43. The molecule has 0 aliphatic heterocycles. The predicted molar refractivity (Wildman–Crippen MR) is 70.3 cm³/mol. The van der Waals surface area contributed by atoms with Crippen LogP contribution in [0, 0.1) is 13.8 Å². The minimum absolute atomic E-state index is 0.00553. The van der Waals surface area contributed by atoms with Crippen molar-refractivity contribution in [3.63, 3.8) is 0 Å². The molecule has 0 radical (unpaired) electrons. The van der Waals surface area contributed by atoms with Crippen LogP contribution in [-0.2, 0) is 4.79 Å². The van der Waals surface area contributed by atoms with Gasteiger partial charge in [-0.3, -0.25) is 9.89 Å². The average Bonchev–Trinajstić information content (AvgIpc) is 2.70. The number of aryl methyl sites for hydroxylation is 2. The van der Waals surface area contributed by atoms with Crippen LogP contribution < -0.4 is 10.1 Å². The largest absolute Gasteiger partial charge is 0.504 e. The highest BCUT2D eigenvalue weighted by Gasteiger charge is 2.11. The molecule has 6 nitrogen and oxygen atoms in total. The monoisotopic (exact) mass is 261 g/mol. The summed E-state index contributed by atoms with van der Waals surface area (Å²) in [5.41, 5.74) is 2.16. The van der Waals surface area contributed by atoms with Crippen LogP contribution in [0.4, 0.5) is 5.69 Å². The number of rotatable bonds is 4. The average molecular weight is 261 g/mol. The van der Waals surface area contributed by atoms with E-state index in [1.54, 1.807) is 25.1 Å². The summed E-state index contributed by atoms with van der Waals surface area (Å²) in [7, 11) is 0. The summed E-state index contributed by atoms with van der Waals surface area (Å²) in [5, 5.41) is 19.0. The Hall–Kier alpha value is -2.50. The molecule has 1 aromatic carbocycles. The lowest BCUT2D eigenvalue weighted by molar-refractivity contribution is -0.118. The number of phenolic OH excluding ortho intramolecular Hbond substituents is 1. The molecule has 0 bridgehead atoms. The van der Waals surface area contributed by atoms with Gasteiger partial charge in [-0.05, 0) is 26.0 Å². The van der Waals surface area contributed by atoms with Crippen molar-refractivity contribution in [1.29, 1.82) is 0 Å². The summed E-state index contributed by atoms with van der Waals surface area (Å²) in [6, 6.07) is 6.49. The first-order valence-electron chi connectivity index (χ1n) is 5.80. The molecule has 0 aliphatic carbocycles. The minimum Gasteiger partial charge on any atom is -0.504 e. The van der Waals surface area contributed by atoms with Gasteiger partial charge in [-0.2, -0.15) is 5.10 Å². The topological polar surface area (TPSA) is 87.2 Å². The summed E-state index contributed by atoms with van der Waals surface area (Å²) < 4.78 is 5.23. The third kappa shape index (κ3) is 3.04. The van der Waals surface area contributed by atoms with Crippen LogP contribution in [-0.4, -0.2) is 27.8 Å². The standard InChI is InChI=1S/C13H15N3O3/c1-8-13(9(2)16-15-8)14-12(18)7-19-11-6-4-3-5-10(11)17/h3-6,17H,7H2,1-2H3,(H,14,18)(H,15,16). The number of phenols is 1. The lowest BCUT2D eigenvalue weighted by Crippen LogP contribution is -2.20. The number of aromatic hydroxyl groups is 1. The first-order valence-corrected chi connectivity index (χ1v) is 5.80. The molecule has 0 saturated heterocycles. The summed E-state index contributed by atoms with van der Waals surface area (Å²) in [4.78, 5) is 11.7. The van der Waals surface area contributed by atoms with Gasteiger partial charge in [-0.15, -0.1) is 0 Å². The van der Waals surface area contributed by atoms with Gasteiger partial charge in [0.05, 0.1) is 17.1 Å². The van der Waals surface area contributed by atoms with E-state index in [-0.39, 0.29) is 24.0 Å². The highest BCUT2D eigenvalue weighted by molar-refractivity contribution is 5.93. The Morgan fingerprint density at radius 2 is 2.16 bits per heavy atom. The number of anilines is 1. The highest BCUT2D eigenvalue weighted by atomic mass is 16.5. The molecule has 1 amide bonds. The second kappa shape index (κ2) is 5.43. The van der Waals surface area contributed by atoms with Gasteiger partial charge < -0.3 is 15.2 Å². The van der Waals surface area contributed by atoms with Gasteiger partial charge in [-0.1, -0.05) is 12.1 Å². The predicted octanol–water partition coefficient (Wildman–Crippen LogP) is 1.75. The molecule has 0 unspecified atom stereocenters. The number of aromatic amines is 1. The van der Waals surface area contributed by atoms with E-state index in [1.165, 1.54) is 6.07 Å². The zero-order valence-corrected chi connectivity index (χ0v) is 10.7. The van der Waals surface area contributed by atoms with Gasteiger partial charge in [0.25, 0.3) is 5.91 Å². The molecule has 0 saturated carbocycles. The highest BCUT2D eigenvalue weighted by Crippen LogP contribution is 2.24. The van der Waals surface area contributed by atoms with E-state index in [0.717, 1.165) is 5.69 Å². The van der Waals surface area contributed by atoms with E-state index in [0.29, 0.717) is 11.4 Å². The Morgan fingerprint density at radius 3 is 2.79 bits per heavy atom.